The van der Waals surface area contributed by atoms with Gasteiger partial charge in [-0.2, -0.15) is 0 Å². The van der Waals surface area contributed by atoms with Crippen molar-refractivity contribution in [1.82, 2.24) is 5.32 Å². The van der Waals surface area contributed by atoms with Crippen LogP contribution in [0.25, 0.3) is 0 Å². The summed E-state index contributed by atoms with van der Waals surface area (Å²) in [7, 11) is 0. The third-order valence-electron chi connectivity index (χ3n) is 2.93. The quantitative estimate of drug-likeness (QED) is 0.721. The zero-order chi connectivity index (χ0) is 14.1. The fraction of sp³-hybridized carbons (Fsp3) is 0.625. The van der Waals surface area contributed by atoms with Gasteiger partial charge in [-0.1, -0.05) is 44.2 Å². The number of aliphatic hydroxyl groups is 1. The minimum Gasteiger partial charge on any atom is -0.389 e. The van der Waals surface area contributed by atoms with Crippen molar-refractivity contribution >= 4 is 0 Å². The third kappa shape index (κ3) is 7.98. The molecule has 0 bridgehead atoms. The first-order valence-electron chi connectivity index (χ1n) is 7.12. The highest BCUT2D eigenvalue weighted by Gasteiger charge is 2.09. The maximum absolute atomic E-state index is 9.82. The highest BCUT2D eigenvalue weighted by Crippen LogP contribution is 2.07. The summed E-state index contributed by atoms with van der Waals surface area (Å²) in [6.45, 7) is 8.15. The van der Waals surface area contributed by atoms with Crippen LogP contribution in [0.15, 0.2) is 30.3 Å². The highest BCUT2D eigenvalue weighted by molar-refractivity contribution is 5.14. The Morgan fingerprint density at radius 1 is 1.16 bits per heavy atom. The van der Waals surface area contributed by atoms with E-state index in [4.69, 9.17) is 4.74 Å². The van der Waals surface area contributed by atoms with Crippen LogP contribution >= 0.6 is 0 Å². The zero-order valence-electron chi connectivity index (χ0n) is 12.3. The van der Waals surface area contributed by atoms with Crippen molar-refractivity contribution in [1.29, 1.82) is 0 Å². The molecule has 1 aromatic carbocycles. The number of rotatable bonds is 9. The lowest BCUT2D eigenvalue weighted by Gasteiger charge is -2.18. The van der Waals surface area contributed by atoms with Crippen LogP contribution in [0.4, 0.5) is 0 Å². The van der Waals surface area contributed by atoms with Gasteiger partial charge in [0.15, 0.2) is 0 Å². The number of nitrogens with one attached hydrogen (secondary N) is 1. The lowest BCUT2D eigenvalue weighted by atomic mass is 10.1. The molecule has 2 atom stereocenters. The zero-order valence-corrected chi connectivity index (χ0v) is 12.3. The Labute approximate surface area is 117 Å². The molecular formula is C16H27NO2. The Bertz CT molecular complexity index is 327. The molecule has 2 unspecified atom stereocenters. The molecule has 3 nitrogen and oxygen atoms in total. The van der Waals surface area contributed by atoms with Crippen LogP contribution in [0.5, 0.6) is 0 Å². The van der Waals surface area contributed by atoms with E-state index >= 15 is 0 Å². The summed E-state index contributed by atoms with van der Waals surface area (Å²) in [5, 5.41) is 13.1. The Morgan fingerprint density at radius 3 is 2.47 bits per heavy atom. The summed E-state index contributed by atoms with van der Waals surface area (Å²) in [5.74, 6) is 0.628. The van der Waals surface area contributed by atoms with Gasteiger partial charge in [-0.15, -0.1) is 0 Å². The van der Waals surface area contributed by atoms with Gasteiger partial charge in [-0.3, -0.25) is 0 Å². The van der Waals surface area contributed by atoms with Crippen molar-refractivity contribution in [3.63, 3.8) is 0 Å². The van der Waals surface area contributed by atoms with E-state index in [2.05, 4.69) is 38.2 Å². The monoisotopic (exact) mass is 265 g/mol. The molecule has 0 aliphatic rings. The van der Waals surface area contributed by atoms with Crippen LogP contribution in [0.2, 0.25) is 0 Å². The molecule has 0 spiro atoms. The van der Waals surface area contributed by atoms with Crippen molar-refractivity contribution in [2.75, 3.05) is 13.2 Å². The maximum Gasteiger partial charge on any atom is 0.0897 e. The van der Waals surface area contributed by atoms with E-state index in [0.717, 1.165) is 13.0 Å². The molecular weight excluding hydrogens is 238 g/mol. The van der Waals surface area contributed by atoms with Crippen LogP contribution in [0, 0.1) is 5.92 Å². The number of aliphatic hydroxyl groups excluding tert-OH is 1. The lowest BCUT2D eigenvalue weighted by molar-refractivity contribution is -0.00857. The minimum atomic E-state index is -0.446. The van der Waals surface area contributed by atoms with Gasteiger partial charge in [0, 0.05) is 13.1 Å². The summed E-state index contributed by atoms with van der Waals surface area (Å²) in [4.78, 5) is 0. The van der Waals surface area contributed by atoms with Gasteiger partial charge in [-0.25, -0.2) is 0 Å². The Kier molecular flexibility index (Phi) is 7.72. The predicted molar refractivity (Wildman–Crippen MR) is 79.0 cm³/mol. The molecule has 0 saturated heterocycles. The van der Waals surface area contributed by atoms with Gasteiger partial charge in [0.1, 0.15) is 0 Å². The molecule has 0 radical (unpaired) electrons. The van der Waals surface area contributed by atoms with E-state index in [9.17, 15) is 5.11 Å². The van der Waals surface area contributed by atoms with Gasteiger partial charge in [-0.05, 0) is 24.8 Å². The molecule has 1 aromatic rings. The minimum absolute atomic E-state index is 0.212. The SMILES string of the molecule is CC(C)CC(C)OCC(O)CNCc1ccccc1. The van der Waals surface area contributed by atoms with Crippen molar-refractivity contribution < 1.29 is 9.84 Å². The number of ether oxygens (including phenoxy) is 1. The molecule has 2 N–H and O–H groups in total. The summed E-state index contributed by atoms with van der Waals surface area (Å²) in [6.07, 6.45) is 0.798. The Morgan fingerprint density at radius 2 is 1.84 bits per heavy atom. The normalized spacial score (nSPS) is 14.6. The first-order chi connectivity index (χ1) is 9.08. The highest BCUT2D eigenvalue weighted by atomic mass is 16.5. The fourth-order valence-electron chi connectivity index (χ4n) is 2.05. The number of hydrogen-bond donors (Lipinski definition) is 2. The lowest BCUT2D eigenvalue weighted by Crippen LogP contribution is -2.31. The average Bonchev–Trinajstić information content (AvgIpc) is 2.37. The van der Waals surface area contributed by atoms with Crippen LogP contribution in [-0.4, -0.2) is 30.5 Å². The van der Waals surface area contributed by atoms with Crippen LogP contribution < -0.4 is 5.32 Å². The second kappa shape index (κ2) is 9.08. The van der Waals surface area contributed by atoms with Crippen molar-refractivity contribution in [3.8, 4) is 0 Å². The predicted octanol–water partition coefficient (Wildman–Crippen LogP) is 2.59. The molecule has 3 heteroatoms. The molecule has 0 fully saturated rings. The molecule has 0 aliphatic carbocycles. The summed E-state index contributed by atoms with van der Waals surface area (Å²) in [5.41, 5.74) is 1.23. The second-order valence-corrected chi connectivity index (χ2v) is 5.54. The smallest absolute Gasteiger partial charge is 0.0897 e. The van der Waals surface area contributed by atoms with E-state index in [1.807, 2.05) is 18.2 Å². The first-order valence-corrected chi connectivity index (χ1v) is 7.12. The standard InChI is InChI=1S/C16H27NO2/c1-13(2)9-14(3)19-12-16(18)11-17-10-15-7-5-4-6-8-15/h4-8,13-14,16-18H,9-12H2,1-3H3. The maximum atomic E-state index is 9.82. The number of hydrogen-bond acceptors (Lipinski definition) is 3. The van der Waals surface area contributed by atoms with Gasteiger partial charge in [0.2, 0.25) is 0 Å². The van der Waals surface area contributed by atoms with Crippen LogP contribution in [0.1, 0.15) is 32.8 Å². The van der Waals surface area contributed by atoms with Crippen molar-refractivity contribution in [3.05, 3.63) is 35.9 Å². The third-order valence-corrected chi connectivity index (χ3v) is 2.93. The largest absolute Gasteiger partial charge is 0.389 e. The van der Waals surface area contributed by atoms with Gasteiger partial charge < -0.3 is 15.2 Å². The molecule has 0 saturated carbocycles. The molecule has 0 amide bonds. The molecule has 0 heterocycles. The van der Waals surface area contributed by atoms with Gasteiger partial charge in [0.25, 0.3) is 0 Å². The second-order valence-electron chi connectivity index (χ2n) is 5.54. The average molecular weight is 265 g/mol. The Balaban J connectivity index is 2.09. The topological polar surface area (TPSA) is 41.5 Å². The van der Waals surface area contributed by atoms with Gasteiger partial charge >= 0.3 is 0 Å². The molecule has 19 heavy (non-hydrogen) atoms. The van der Waals surface area contributed by atoms with Crippen molar-refractivity contribution in [2.24, 2.45) is 5.92 Å². The summed E-state index contributed by atoms with van der Waals surface area (Å²) in [6, 6.07) is 10.2. The van der Waals surface area contributed by atoms with Crippen molar-refractivity contribution in [2.45, 2.75) is 45.9 Å². The molecule has 0 aliphatic heterocycles. The van der Waals surface area contributed by atoms with E-state index in [1.54, 1.807) is 0 Å². The first kappa shape index (κ1) is 16.2. The van der Waals surface area contributed by atoms with Gasteiger partial charge in [0.05, 0.1) is 18.8 Å². The molecule has 108 valence electrons. The van der Waals surface area contributed by atoms with Crippen LogP contribution in [0.3, 0.4) is 0 Å². The molecule has 1 rings (SSSR count). The summed E-state index contributed by atoms with van der Waals surface area (Å²) >= 11 is 0. The van der Waals surface area contributed by atoms with E-state index < -0.39 is 6.10 Å². The molecule has 0 aromatic heterocycles. The van der Waals surface area contributed by atoms with Crippen LogP contribution in [-0.2, 0) is 11.3 Å². The Hall–Kier alpha value is -0.900. The summed E-state index contributed by atoms with van der Waals surface area (Å²) < 4.78 is 5.63. The number of benzene rings is 1. The van der Waals surface area contributed by atoms with E-state index in [-0.39, 0.29) is 6.10 Å². The fourth-order valence-corrected chi connectivity index (χ4v) is 2.05. The van der Waals surface area contributed by atoms with E-state index in [1.165, 1.54) is 5.56 Å². The van der Waals surface area contributed by atoms with E-state index in [0.29, 0.717) is 19.1 Å².